The van der Waals surface area contributed by atoms with E-state index in [0.717, 1.165) is 64.2 Å². The van der Waals surface area contributed by atoms with Crippen LogP contribution in [0.5, 0.6) is 0 Å². The normalized spacial score (nSPS) is 13.3. The number of aliphatic carboxylic acids is 1. The van der Waals surface area contributed by atoms with E-state index in [9.17, 15) is 19.5 Å². The van der Waals surface area contributed by atoms with Gasteiger partial charge in [-0.1, -0.05) is 147 Å². The van der Waals surface area contributed by atoms with Gasteiger partial charge in [0, 0.05) is 19.3 Å². The Kier molecular flexibility index (Phi) is 36.7. The highest BCUT2D eigenvalue weighted by Crippen LogP contribution is 2.14. The van der Waals surface area contributed by atoms with Gasteiger partial charge in [0.05, 0.1) is 40.3 Å². The summed E-state index contributed by atoms with van der Waals surface area (Å²) in [5.41, 5.74) is 0. The van der Waals surface area contributed by atoms with E-state index in [-0.39, 0.29) is 42.7 Å². The molecule has 0 N–H and O–H groups in total. The number of carboxylic acids is 1. The Morgan fingerprint density at radius 3 is 1.49 bits per heavy atom. The monoisotopic (exact) mass is 776 g/mol. The quantitative estimate of drug-likeness (QED) is 0.0264. The molecular formula is C47H85NO7. The number of quaternary nitrogens is 1. The van der Waals surface area contributed by atoms with E-state index in [0.29, 0.717) is 12.8 Å². The van der Waals surface area contributed by atoms with Crippen LogP contribution in [-0.2, 0) is 28.6 Å². The zero-order chi connectivity index (χ0) is 40.7. The lowest BCUT2D eigenvalue weighted by Crippen LogP contribution is -2.55. The van der Waals surface area contributed by atoms with Crippen LogP contribution in [0, 0.1) is 0 Å². The zero-order valence-corrected chi connectivity index (χ0v) is 36.3. The minimum absolute atomic E-state index is 0.0373. The van der Waals surface area contributed by atoms with E-state index in [1.165, 1.54) is 96.3 Å². The molecule has 2 unspecified atom stereocenters. The molecule has 0 aromatic heterocycles. The Balaban J connectivity index is 4.26. The van der Waals surface area contributed by atoms with Crippen LogP contribution < -0.4 is 5.11 Å². The predicted octanol–water partition coefficient (Wildman–Crippen LogP) is 10.9. The third kappa shape index (κ3) is 36.9. The number of unbranched alkanes of at least 4 members (excludes halogenated alkanes) is 20. The summed E-state index contributed by atoms with van der Waals surface area (Å²) in [6.45, 7) is 4.58. The van der Waals surface area contributed by atoms with Gasteiger partial charge in [0.25, 0.3) is 0 Å². The first kappa shape index (κ1) is 52.6. The van der Waals surface area contributed by atoms with Crippen LogP contribution in [0.15, 0.2) is 36.5 Å². The Hall–Kier alpha value is -2.45. The van der Waals surface area contributed by atoms with Crippen molar-refractivity contribution in [3.63, 3.8) is 0 Å². The molecule has 0 aliphatic rings. The first-order valence-corrected chi connectivity index (χ1v) is 22.5. The van der Waals surface area contributed by atoms with Crippen molar-refractivity contribution in [3.05, 3.63) is 36.5 Å². The first-order chi connectivity index (χ1) is 26.6. The summed E-state index contributed by atoms with van der Waals surface area (Å²) >= 11 is 0. The Labute approximate surface area is 338 Å². The van der Waals surface area contributed by atoms with E-state index < -0.39 is 18.1 Å². The van der Waals surface area contributed by atoms with Gasteiger partial charge in [-0.2, -0.15) is 0 Å². The second kappa shape index (κ2) is 38.4. The summed E-state index contributed by atoms with van der Waals surface area (Å²) < 4.78 is 17.1. The molecule has 2 atom stereocenters. The predicted molar refractivity (Wildman–Crippen MR) is 227 cm³/mol. The molecule has 0 aromatic carbocycles. The lowest BCUT2D eigenvalue weighted by molar-refractivity contribution is -0.889. The number of nitrogens with zero attached hydrogens (tertiary/aromatic N) is 1. The standard InChI is InChI=1S/C47H85NO7/c1-6-8-10-12-14-16-18-19-20-21-22-23-24-25-26-27-28-30-32-34-36-38-46(50)55-43(41-53-40-39-44(47(51)52)48(3,4)5)42-54-45(49)37-35-33-31-29-17-15-13-11-9-7-2/h11,13,18-19,21-22,43-44H,6-10,12,14-17,20,23-42H2,1-5H3/b13-11-,19-18-,22-21-. The molecule has 0 fully saturated rings. The molecule has 320 valence electrons. The van der Waals surface area contributed by atoms with Crippen molar-refractivity contribution in [2.45, 2.75) is 206 Å². The molecule has 0 spiro atoms. The van der Waals surface area contributed by atoms with E-state index in [1.54, 1.807) is 21.1 Å². The molecule has 0 aliphatic carbocycles. The minimum atomic E-state index is -1.13. The molecule has 0 radical (unpaired) electrons. The highest BCUT2D eigenvalue weighted by Gasteiger charge is 2.25. The topological polar surface area (TPSA) is 102 Å². The summed E-state index contributed by atoms with van der Waals surface area (Å²) in [5.74, 6) is -1.75. The summed E-state index contributed by atoms with van der Waals surface area (Å²) in [7, 11) is 5.40. The Morgan fingerprint density at radius 2 is 1.00 bits per heavy atom. The van der Waals surface area contributed by atoms with Crippen molar-refractivity contribution < 1.29 is 38.2 Å². The van der Waals surface area contributed by atoms with Crippen molar-refractivity contribution in [2.24, 2.45) is 0 Å². The van der Waals surface area contributed by atoms with Crippen LogP contribution in [0.3, 0.4) is 0 Å². The highest BCUT2D eigenvalue weighted by molar-refractivity contribution is 5.70. The van der Waals surface area contributed by atoms with Crippen molar-refractivity contribution in [1.82, 2.24) is 0 Å². The molecule has 55 heavy (non-hydrogen) atoms. The number of carbonyl (C=O) groups is 3. The molecule has 0 saturated carbocycles. The molecule has 0 heterocycles. The lowest BCUT2D eigenvalue weighted by atomic mass is 10.1. The summed E-state index contributed by atoms with van der Waals surface area (Å²) in [6, 6.07) is -0.726. The number of esters is 2. The largest absolute Gasteiger partial charge is 0.544 e. The second-order valence-corrected chi connectivity index (χ2v) is 16.3. The first-order valence-electron chi connectivity index (χ1n) is 22.5. The molecular weight excluding hydrogens is 691 g/mol. The van der Waals surface area contributed by atoms with Crippen LogP contribution in [0.2, 0.25) is 0 Å². The third-order valence-electron chi connectivity index (χ3n) is 9.98. The lowest BCUT2D eigenvalue weighted by Gasteiger charge is -2.34. The average molecular weight is 776 g/mol. The van der Waals surface area contributed by atoms with Crippen LogP contribution in [-0.4, -0.2) is 75.5 Å². The van der Waals surface area contributed by atoms with Crippen molar-refractivity contribution >= 4 is 17.9 Å². The number of allylic oxidation sites excluding steroid dienone is 6. The van der Waals surface area contributed by atoms with Gasteiger partial charge in [-0.25, -0.2) is 0 Å². The van der Waals surface area contributed by atoms with Crippen molar-refractivity contribution in [2.75, 3.05) is 41.0 Å². The Bertz CT molecular complexity index is 1000. The maximum absolute atomic E-state index is 12.7. The van der Waals surface area contributed by atoms with Gasteiger partial charge in [-0.05, 0) is 64.2 Å². The summed E-state index contributed by atoms with van der Waals surface area (Å²) in [6.07, 6.45) is 43.2. The maximum Gasteiger partial charge on any atom is 0.306 e. The number of likely N-dealkylation sites (N-methyl/N-ethyl adjacent to an activating group) is 1. The fourth-order valence-electron chi connectivity index (χ4n) is 6.46. The van der Waals surface area contributed by atoms with Crippen LogP contribution >= 0.6 is 0 Å². The van der Waals surface area contributed by atoms with Gasteiger partial charge >= 0.3 is 11.9 Å². The molecule has 0 amide bonds. The van der Waals surface area contributed by atoms with Gasteiger partial charge in [0.2, 0.25) is 0 Å². The van der Waals surface area contributed by atoms with Gasteiger partial charge in [-0.15, -0.1) is 0 Å². The minimum Gasteiger partial charge on any atom is -0.544 e. The van der Waals surface area contributed by atoms with Gasteiger partial charge in [-0.3, -0.25) is 9.59 Å². The number of hydrogen-bond acceptors (Lipinski definition) is 7. The third-order valence-corrected chi connectivity index (χ3v) is 9.98. The number of hydrogen-bond donors (Lipinski definition) is 0. The van der Waals surface area contributed by atoms with E-state index >= 15 is 0 Å². The fourth-order valence-corrected chi connectivity index (χ4v) is 6.46. The van der Waals surface area contributed by atoms with Gasteiger partial charge < -0.3 is 28.6 Å². The summed E-state index contributed by atoms with van der Waals surface area (Å²) in [5, 5.41) is 11.6. The van der Waals surface area contributed by atoms with E-state index in [1.807, 2.05) is 0 Å². The molecule has 0 bridgehead atoms. The van der Waals surface area contributed by atoms with Crippen LogP contribution in [0.1, 0.15) is 194 Å². The number of ether oxygens (including phenoxy) is 3. The van der Waals surface area contributed by atoms with Crippen LogP contribution in [0.25, 0.3) is 0 Å². The second-order valence-electron chi connectivity index (χ2n) is 16.3. The average Bonchev–Trinajstić information content (AvgIpc) is 3.14. The van der Waals surface area contributed by atoms with E-state index in [4.69, 9.17) is 14.2 Å². The van der Waals surface area contributed by atoms with Crippen LogP contribution in [0.4, 0.5) is 0 Å². The SMILES string of the molecule is CCC/C=C\CCCCCCCC(=O)OCC(COCCC(C(=O)[O-])[N+](C)(C)C)OC(=O)CCCCCCCCCCC/C=C\C/C=C\CCCCCCC. The fraction of sp³-hybridized carbons (Fsp3) is 0.809. The molecule has 0 rings (SSSR count). The smallest absolute Gasteiger partial charge is 0.306 e. The van der Waals surface area contributed by atoms with E-state index in [2.05, 4.69) is 50.3 Å². The molecule has 0 aromatic rings. The van der Waals surface area contributed by atoms with Crippen molar-refractivity contribution in [3.8, 4) is 0 Å². The Morgan fingerprint density at radius 1 is 0.545 bits per heavy atom. The molecule has 0 aliphatic heterocycles. The van der Waals surface area contributed by atoms with Gasteiger partial charge in [0.15, 0.2) is 6.10 Å². The molecule has 0 saturated heterocycles. The number of rotatable bonds is 40. The van der Waals surface area contributed by atoms with Crippen molar-refractivity contribution in [1.29, 1.82) is 0 Å². The molecule has 8 nitrogen and oxygen atoms in total. The number of carbonyl (C=O) groups excluding carboxylic acids is 3. The zero-order valence-electron chi connectivity index (χ0n) is 36.3. The molecule has 8 heteroatoms. The number of carboxylic acid groups (broad SMARTS) is 1. The maximum atomic E-state index is 12.7. The summed E-state index contributed by atoms with van der Waals surface area (Å²) in [4.78, 5) is 36.8. The highest BCUT2D eigenvalue weighted by atomic mass is 16.6. The van der Waals surface area contributed by atoms with Gasteiger partial charge in [0.1, 0.15) is 12.6 Å².